The number of nitrogens with zero attached hydrogens (tertiary/aromatic N) is 2. The van der Waals surface area contributed by atoms with Crippen molar-refractivity contribution in [2.75, 3.05) is 17.3 Å². The van der Waals surface area contributed by atoms with Crippen molar-refractivity contribution >= 4 is 21.6 Å². The van der Waals surface area contributed by atoms with E-state index in [0.717, 1.165) is 10.9 Å². The molecule has 0 atom stereocenters. The summed E-state index contributed by atoms with van der Waals surface area (Å²) in [5, 5.41) is 5.54. The third-order valence-electron chi connectivity index (χ3n) is 2.51. The number of sulfone groups is 1. The van der Waals surface area contributed by atoms with Gasteiger partial charge in [-0.2, -0.15) is 18.3 Å². The molecule has 6 nitrogen and oxygen atoms in total. The van der Waals surface area contributed by atoms with Crippen LogP contribution in [-0.4, -0.2) is 36.1 Å². The van der Waals surface area contributed by atoms with Crippen LogP contribution in [0.25, 0.3) is 0 Å². The predicted molar refractivity (Wildman–Crippen MR) is 65.9 cm³/mol. The number of halogens is 3. The molecule has 1 amide bonds. The molecule has 0 radical (unpaired) electrons. The van der Waals surface area contributed by atoms with Crippen molar-refractivity contribution in [2.24, 2.45) is 7.05 Å². The quantitative estimate of drug-likeness (QED) is 0.903. The van der Waals surface area contributed by atoms with Gasteiger partial charge in [-0.3, -0.25) is 9.48 Å². The van der Waals surface area contributed by atoms with Crippen molar-refractivity contribution in [3.05, 3.63) is 11.3 Å². The molecule has 114 valence electrons. The van der Waals surface area contributed by atoms with Gasteiger partial charge in [0.1, 0.15) is 15.7 Å². The molecule has 0 spiro atoms. The molecule has 0 saturated carbocycles. The van der Waals surface area contributed by atoms with Crippen LogP contribution in [-0.2, 0) is 27.9 Å². The maximum atomic E-state index is 12.6. The number of carbonyl (C=O) groups excluding carboxylic acids is 1. The first-order chi connectivity index (χ1) is 8.92. The number of hydrogen-bond acceptors (Lipinski definition) is 4. The monoisotopic (exact) mass is 313 g/mol. The van der Waals surface area contributed by atoms with Crippen molar-refractivity contribution in [1.29, 1.82) is 0 Å². The Kier molecular flexibility index (Phi) is 4.47. The Morgan fingerprint density at radius 1 is 1.40 bits per heavy atom. The molecule has 1 rings (SSSR count). The van der Waals surface area contributed by atoms with Gasteiger partial charge in [-0.15, -0.1) is 0 Å². The normalized spacial score (nSPS) is 12.5. The van der Waals surface area contributed by atoms with E-state index in [0.29, 0.717) is 0 Å². The molecule has 1 heterocycles. The zero-order valence-electron chi connectivity index (χ0n) is 11.1. The molecular weight excluding hydrogens is 299 g/mol. The van der Waals surface area contributed by atoms with Crippen LogP contribution in [0.5, 0.6) is 0 Å². The summed E-state index contributed by atoms with van der Waals surface area (Å²) in [5.41, 5.74) is -1.30. The van der Waals surface area contributed by atoms with Crippen LogP contribution in [0.1, 0.15) is 17.7 Å². The molecule has 0 aliphatic carbocycles. The molecule has 0 saturated heterocycles. The summed E-state index contributed by atoms with van der Waals surface area (Å²) in [6, 6.07) is 0. The lowest BCUT2D eigenvalue weighted by atomic mass is 10.2. The largest absolute Gasteiger partial charge is 0.435 e. The summed E-state index contributed by atoms with van der Waals surface area (Å²) in [6.07, 6.45) is -3.97. The minimum atomic E-state index is -4.61. The van der Waals surface area contributed by atoms with Crippen LogP contribution < -0.4 is 5.32 Å². The first kappa shape index (κ1) is 16.5. The molecular formula is C10H14F3N3O3S. The second-order valence-electron chi connectivity index (χ2n) is 4.37. The highest BCUT2D eigenvalue weighted by molar-refractivity contribution is 7.90. The lowest BCUT2D eigenvalue weighted by molar-refractivity contribution is -0.141. The number of carbonyl (C=O) groups is 1. The Morgan fingerprint density at radius 3 is 2.35 bits per heavy atom. The standard InChI is InChI=1S/C10H14F3N3O3S/c1-6-8(10(11,12)13)15-16(2)9(6)14-7(17)4-5-20(3,18)19/h4-5H2,1-3H3,(H,14,17). The fourth-order valence-corrected chi connectivity index (χ4v) is 2.10. The second-order valence-corrected chi connectivity index (χ2v) is 6.63. The number of anilines is 1. The highest BCUT2D eigenvalue weighted by atomic mass is 32.2. The molecule has 1 aromatic heterocycles. The minimum Gasteiger partial charge on any atom is -0.311 e. The highest BCUT2D eigenvalue weighted by Gasteiger charge is 2.37. The van der Waals surface area contributed by atoms with Crippen molar-refractivity contribution < 1.29 is 26.4 Å². The van der Waals surface area contributed by atoms with Gasteiger partial charge in [0.05, 0.1) is 5.75 Å². The number of aryl methyl sites for hydroxylation is 1. The lowest BCUT2D eigenvalue weighted by Gasteiger charge is -2.06. The first-order valence-corrected chi connectivity index (χ1v) is 7.56. The Bertz CT molecular complexity index is 620. The van der Waals surface area contributed by atoms with E-state index in [2.05, 4.69) is 10.4 Å². The van der Waals surface area contributed by atoms with Crippen LogP contribution in [0.15, 0.2) is 0 Å². The molecule has 0 aromatic carbocycles. The van der Waals surface area contributed by atoms with Crippen LogP contribution in [0.2, 0.25) is 0 Å². The summed E-state index contributed by atoms with van der Waals surface area (Å²) in [6.45, 7) is 1.18. The average Bonchev–Trinajstić information content (AvgIpc) is 2.53. The second kappa shape index (κ2) is 5.43. The van der Waals surface area contributed by atoms with E-state index in [1.54, 1.807) is 0 Å². The van der Waals surface area contributed by atoms with Gasteiger partial charge >= 0.3 is 6.18 Å². The van der Waals surface area contributed by atoms with E-state index < -0.39 is 27.6 Å². The number of nitrogens with one attached hydrogen (secondary N) is 1. The van der Waals surface area contributed by atoms with Gasteiger partial charge in [0.15, 0.2) is 5.69 Å². The van der Waals surface area contributed by atoms with E-state index in [4.69, 9.17) is 0 Å². The predicted octanol–water partition coefficient (Wildman–Crippen LogP) is 1.12. The SMILES string of the molecule is Cc1c(C(F)(F)F)nn(C)c1NC(=O)CCS(C)(=O)=O. The Labute approximate surface area is 113 Å². The van der Waals surface area contributed by atoms with Gasteiger partial charge in [0.25, 0.3) is 0 Å². The third-order valence-corrected chi connectivity index (χ3v) is 3.46. The fraction of sp³-hybridized carbons (Fsp3) is 0.600. The van der Waals surface area contributed by atoms with Crippen LogP contribution in [0, 0.1) is 6.92 Å². The molecule has 0 unspecified atom stereocenters. The molecule has 0 fully saturated rings. The van der Waals surface area contributed by atoms with Crippen LogP contribution in [0.3, 0.4) is 0 Å². The summed E-state index contributed by atoms with van der Waals surface area (Å²) >= 11 is 0. The number of hydrogen-bond donors (Lipinski definition) is 1. The van der Waals surface area contributed by atoms with E-state index in [1.165, 1.54) is 14.0 Å². The summed E-state index contributed by atoms with van der Waals surface area (Å²) in [4.78, 5) is 11.5. The van der Waals surface area contributed by atoms with Gasteiger partial charge in [0, 0.05) is 25.3 Å². The maximum absolute atomic E-state index is 12.6. The fourth-order valence-electron chi connectivity index (χ4n) is 1.55. The summed E-state index contributed by atoms with van der Waals surface area (Å²) in [5.74, 6) is -1.16. The van der Waals surface area contributed by atoms with Gasteiger partial charge < -0.3 is 5.32 Å². The number of aromatic nitrogens is 2. The number of alkyl halides is 3. The lowest BCUT2D eigenvalue weighted by Crippen LogP contribution is -2.18. The van der Waals surface area contributed by atoms with E-state index >= 15 is 0 Å². The smallest absolute Gasteiger partial charge is 0.311 e. The van der Waals surface area contributed by atoms with Gasteiger partial charge in [-0.05, 0) is 6.92 Å². The summed E-state index contributed by atoms with van der Waals surface area (Å²) in [7, 11) is -2.05. The van der Waals surface area contributed by atoms with Crippen LogP contribution in [0.4, 0.5) is 19.0 Å². The Morgan fingerprint density at radius 2 is 1.95 bits per heavy atom. The molecule has 20 heavy (non-hydrogen) atoms. The number of rotatable bonds is 4. The maximum Gasteiger partial charge on any atom is 0.435 e. The summed E-state index contributed by atoms with van der Waals surface area (Å²) < 4.78 is 60.6. The third kappa shape index (κ3) is 4.22. The van der Waals surface area contributed by atoms with Gasteiger partial charge in [-0.25, -0.2) is 8.42 Å². The topological polar surface area (TPSA) is 81.1 Å². The molecule has 0 aliphatic heterocycles. The molecule has 1 aromatic rings. The van der Waals surface area contributed by atoms with E-state index in [9.17, 15) is 26.4 Å². The van der Waals surface area contributed by atoms with Crippen molar-refractivity contribution in [3.8, 4) is 0 Å². The Balaban J connectivity index is 2.89. The Hall–Kier alpha value is -1.58. The van der Waals surface area contributed by atoms with Crippen molar-refractivity contribution in [2.45, 2.75) is 19.5 Å². The van der Waals surface area contributed by atoms with Gasteiger partial charge in [0.2, 0.25) is 5.91 Å². The van der Waals surface area contributed by atoms with E-state index in [1.807, 2.05) is 0 Å². The first-order valence-electron chi connectivity index (χ1n) is 5.50. The zero-order chi connectivity index (χ0) is 15.7. The molecule has 1 N–H and O–H groups in total. The van der Waals surface area contributed by atoms with Gasteiger partial charge in [-0.1, -0.05) is 0 Å². The number of amides is 1. The zero-order valence-corrected chi connectivity index (χ0v) is 11.9. The van der Waals surface area contributed by atoms with Crippen LogP contribution >= 0.6 is 0 Å². The van der Waals surface area contributed by atoms with Crippen molar-refractivity contribution in [3.63, 3.8) is 0 Å². The highest BCUT2D eigenvalue weighted by Crippen LogP contribution is 2.33. The minimum absolute atomic E-state index is 0.101. The molecule has 10 heteroatoms. The van der Waals surface area contributed by atoms with E-state index in [-0.39, 0.29) is 23.6 Å². The molecule has 0 aliphatic rings. The van der Waals surface area contributed by atoms with Crippen molar-refractivity contribution in [1.82, 2.24) is 9.78 Å². The molecule has 0 bridgehead atoms. The average molecular weight is 313 g/mol.